The molecule has 2 aliphatic rings. The maximum atomic E-state index is 13.2. The molecule has 1 atom stereocenters. The molecular weight excluding hydrogens is 447 g/mol. The Bertz CT molecular complexity index is 1240. The van der Waals surface area contributed by atoms with Gasteiger partial charge in [0, 0.05) is 23.6 Å². The molecule has 1 amide bonds. The molecule has 3 N–H and O–H groups in total. The number of nitrogens with one attached hydrogen (secondary N) is 3. The highest BCUT2D eigenvalue weighted by Crippen LogP contribution is 2.42. The van der Waals surface area contributed by atoms with Crippen molar-refractivity contribution < 1.29 is 9.18 Å². The van der Waals surface area contributed by atoms with Gasteiger partial charge in [-0.05, 0) is 43.7 Å². The summed E-state index contributed by atoms with van der Waals surface area (Å²) in [6.45, 7) is 9.28. The fourth-order valence-electron chi connectivity index (χ4n) is 4.84. The molecule has 3 aromatic rings. The molecule has 5 rings (SSSR count). The molecule has 3 aromatic heterocycles. The number of pyridine rings is 1. The van der Waals surface area contributed by atoms with Crippen molar-refractivity contribution in [2.75, 3.05) is 22.1 Å². The average Bonchev–Trinajstić information content (AvgIpc) is 3.55. The molecule has 9 nitrogen and oxygen atoms in total. The second-order valence-corrected chi connectivity index (χ2v) is 10.3. The van der Waals surface area contributed by atoms with Gasteiger partial charge >= 0.3 is 0 Å². The summed E-state index contributed by atoms with van der Waals surface area (Å²) < 4.78 is 13.2. The van der Waals surface area contributed by atoms with Gasteiger partial charge in [-0.2, -0.15) is 14.5 Å². The highest BCUT2D eigenvalue weighted by Gasteiger charge is 2.38. The van der Waals surface area contributed by atoms with Crippen LogP contribution in [-0.2, 0) is 16.6 Å². The lowest BCUT2D eigenvalue weighted by Gasteiger charge is -2.26. The number of halogens is 1. The highest BCUT2D eigenvalue weighted by atomic mass is 19.1. The first-order valence-corrected chi connectivity index (χ1v) is 12.1. The predicted molar refractivity (Wildman–Crippen MR) is 133 cm³/mol. The summed E-state index contributed by atoms with van der Waals surface area (Å²) in [5.74, 6) is 1.63. The number of anilines is 4. The van der Waals surface area contributed by atoms with Crippen molar-refractivity contribution >= 4 is 29.2 Å². The summed E-state index contributed by atoms with van der Waals surface area (Å²) in [5.41, 5.74) is 3.48. The molecule has 0 aromatic carbocycles. The second kappa shape index (κ2) is 8.90. The molecule has 0 radical (unpaired) electrons. The van der Waals surface area contributed by atoms with Crippen LogP contribution in [0.5, 0.6) is 0 Å². The van der Waals surface area contributed by atoms with E-state index in [1.165, 1.54) is 18.3 Å². The third kappa shape index (κ3) is 4.56. The maximum absolute atomic E-state index is 13.2. The summed E-state index contributed by atoms with van der Waals surface area (Å²) in [6.07, 6.45) is 4.73. The Morgan fingerprint density at radius 3 is 2.83 bits per heavy atom. The summed E-state index contributed by atoms with van der Waals surface area (Å²) >= 11 is 0. The number of nitrogens with zero attached hydrogens (tertiary/aromatic N) is 5. The average molecular weight is 479 g/mol. The third-order valence-corrected chi connectivity index (χ3v) is 6.89. The minimum absolute atomic E-state index is 0.0855. The van der Waals surface area contributed by atoms with Crippen LogP contribution in [0.25, 0.3) is 0 Å². The largest absolute Gasteiger partial charge is 0.329 e. The van der Waals surface area contributed by atoms with Gasteiger partial charge in [0.15, 0.2) is 0 Å². The van der Waals surface area contributed by atoms with Crippen molar-refractivity contribution in [1.29, 1.82) is 0 Å². The Morgan fingerprint density at radius 2 is 2.11 bits per heavy atom. The van der Waals surface area contributed by atoms with Crippen LogP contribution < -0.4 is 15.5 Å². The number of carbonyl (C=O) groups is 1. The third-order valence-electron chi connectivity index (χ3n) is 6.89. The molecule has 4 heterocycles. The van der Waals surface area contributed by atoms with E-state index < -0.39 is 12.0 Å². The lowest BCUT2D eigenvalue weighted by atomic mass is 9.91. The lowest BCUT2D eigenvalue weighted by molar-refractivity contribution is -0.117. The summed E-state index contributed by atoms with van der Waals surface area (Å²) in [4.78, 5) is 28.6. The van der Waals surface area contributed by atoms with Crippen LogP contribution in [0.2, 0.25) is 0 Å². The lowest BCUT2D eigenvalue weighted by Crippen LogP contribution is -2.41. The van der Waals surface area contributed by atoms with E-state index in [1.54, 1.807) is 0 Å². The van der Waals surface area contributed by atoms with Crippen molar-refractivity contribution in [2.45, 2.75) is 70.8 Å². The number of hydrogen-bond acceptors (Lipinski definition) is 7. The molecule has 1 saturated heterocycles. The Labute approximate surface area is 204 Å². The zero-order chi connectivity index (χ0) is 24.7. The van der Waals surface area contributed by atoms with E-state index in [0.29, 0.717) is 30.5 Å². The van der Waals surface area contributed by atoms with E-state index in [0.717, 1.165) is 47.8 Å². The Balaban J connectivity index is 1.45. The van der Waals surface area contributed by atoms with Gasteiger partial charge in [-0.25, -0.2) is 9.97 Å². The quantitative estimate of drug-likeness (QED) is 0.449. The van der Waals surface area contributed by atoms with Gasteiger partial charge < -0.3 is 15.5 Å². The first kappa shape index (κ1) is 23.2. The van der Waals surface area contributed by atoms with Crippen LogP contribution in [-0.4, -0.2) is 43.6 Å². The first-order chi connectivity index (χ1) is 16.7. The van der Waals surface area contributed by atoms with E-state index in [1.807, 2.05) is 11.0 Å². The molecule has 35 heavy (non-hydrogen) atoms. The van der Waals surface area contributed by atoms with Crippen LogP contribution in [0.1, 0.15) is 69.8 Å². The van der Waals surface area contributed by atoms with E-state index in [2.05, 4.69) is 53.5 Å². The smallest absolute Gasteiger partial charge is 0.247 e. The number of amides is 1. The molecule has 184 valence electrons. The fraction of sp³-hybridized carbons (Fsp3) is 0.480. The molecule has 0 saturated carbocycles. The number of rotatable bonds is 6. The summed E-state index contributed by atoms with van der Waals surface area (Å²) in [6, 6.07) is 4.31. The van der Waals surface area contributed by atoms with Crippen molar-refractivity contribution in [3.05, 3.63) is 47.3 Å². The molecule has 1 aliphatic heterocycles. The SMILES string of the molecule is CC(C)c1cc(Nc2nc(N3CCCC3C(=O)Nc3ccc(F)nc3)nc3c2CCC3(C)C)[nH]n1. The Morgan fingerprint density at radius 1 is 1.29 bits per heavy atom. The number of aromatic nitrogens is 5. The van der Waals surface area contributed by atoms with E-state index in [9.17, 15) is 9.18 Å². The van der Waals surface area contributed by atoms with E-state index in [4.69, 9.17) is 9.97 Å². The molecule has 0 spiro atoms. The molecular formula is C25H31FN8O. The Kier molecular flexibility index (Phi) is 5.90. The number of H-pyrrole nitrogens is 1. The molecule has 0 bridgehead atoms. The van der Waals surface area contributed by atoms with Crippen molar-refractivity contribution in [3.8, 4) is 0 Å². The molecule has 10 heteroatoms. The monoisotopic (exact) mass is 478 g/mol. The van der Waals surface area contributed by atoms with Gasteiger partial charge in [0.2, 0.25) is 17.8 Å². The topological polar surface area (TPSA) is 112 Å². The number of fused-ring (bicyclic) bond motifs is 1. The van der Waals surface area contributed by atoms with Crippen molar-refractivity contribution in [2.24, 2.45) is 0 Å². The zero-order valence-corrected chi connectivity index (χ0v) is 20.5. The Hall–Kier alpha value is -3.56. The first-order valence-electron chi connectivity index (χ1n) is 12.1. The standard InChI is InChI=1S/C25H31FN8O/c1-14(2)17-12-20(33-32-17)29-22-16-9-10-25(3,4)21(16)30-24(31-22)34-11-5-6-18(34)23(35)28-15-7-8-19(26)27-13-15/h7-8,12-14,18H,5-6,9-11H2,1-4H3,(H,28,35)(H2,29,30,31,32,33). The van der Waals surface area contributed by atoms with Crippen molar-refractivity contribution in [3.63, 3.8) is 0 Å². The van der Waals surface area contributed by atoms with Crippen molar-refractivity contribution in [1.82, 2.24) is 25.1 Å². The minimum Gasteiger partial charge on any atom is -0.329 e. The number of carbonyl (C=O) groups excluding carboxylic acids is 1. The van der Waals surface area contributed by atoms with Crippen LogP contribution >= 0.6 is 0 Å². The van der Waals surface area contributed by atoms with Crippen LogP contribution in [0.4, 0.5) is 27.7 Å². The van der Waals surface area contributed by atoms with Gasteiger partial charge in [0.05, 0.1) is 23.3 Å². The maximum Gasteiger partial charge on any atom is 0.247 e. The summed E-state index contributed by atoms with van der Waals surface area (Å²) in [7, 11) is 0. The minimum atomic E-state index is -0.586. The number of hydrogen-bond donors (Lipinski definition) is 3. The van der Waals surface area contributed by atoms with Crippen LogP contribution in [0.15, 0.2) is 24.4 Å². The van der Waals surface area contributed by atoms with E-state index in [-0.39, 0.29) is 11.3 Å². The fourth-order valence-corrected chi connectivity index (χ4v) is 4.84. The van der Waals surface area contributed by atoms with E-state index >= 15 is 0 Å². The molecule has 1 aliphatic carbocycles. The van der Waals surface area contributed by atoms with Gasteiger partial charge in [0.1, 0.15) is 17.7 Å². The molecule has 1 unspecified atom stereocenters. The van der Waals surface area contributed by atoms with Crippen LogP contribution in [0, 0.1) is 5.95 Å². The van der Waals surface area contributed by atoms with Gasteiger partial charge in [-0.3, -0.25) is 9.89 Å². The number of aromatic amines is 1. The van der Waals surface area contributed by atoms with Gasteiger partial charge in [0.25, 0.3) is 0 Å². The normalized spacial score (nSPS) is 18.7. The highest BCUT2D eigenvalue weighted by molar-refractivity contribution is 5.97. The van der Waals surface area contributed by atoms with Gasteiger partial charge in [-0.15, -0.1) is 0 Å². The zero-order valence-electron chi connectivity index (χ0n) is 20.5. The predicted octanol–water partition coefficient (Wildman–Crippen LogP) is 4.43. The van der Waals surface area contributed by atoms with Gasteiger partial charge in [-0.1, -0.05) is 27.7 Å². The molecule has 1 fully saturated rings. The van der Waals surface area contributed by atoms with Crippen LogP contribution in [0.3, 0.4) is 0 Å². The summed E-state index contributed by atoms with van der Waals surface area (Å²) in [5, 5.41) is 13.7. The second-order valence-electron chi connectivity index (χ2n) is 10.3.